The number of nitrogens with one attached hydrogen (secondary N) is 1. The fraction of sp³-hybridized carbons (Fsp3) is 0.346. The average molecular weight is 524 g/mol. The van der Waals surface area contributed by atoms with Crippen LogP contribution in [-0.4, -0.2) is 21.0 Å². The Bertz CT molecular complexity index is 1330. The zero-order valence-electron chi connectivity index (χ0n) is 20.1. The van der Waals surface area contributed by atoms with Gasteiger partial charge < -0.3 is 0 Å². The molecule has 0 aliphatic carbocycles. The molecule has 0 amide bonds. The van der Waals surface area contributed by atoms with Crippen LogP contribution in [0.5, 0.6) is 0 Å². The molecule has 0 unspecified atom stereocenters. The summed E-state index contributed by atoms with van der Waals surface area (Å²) in [5, 5.41) is 0.955. The summed E-state index contributed by atoms with van der Waals surface area (Å²) in [4.78, 5) is 4.65. The van der Waals surface area contributed by atoms with E-state index in [2.05, 4.69) is 4.98 Å². The maximum atomic E-state index is 14.2. The highest BCUT2D eigenvalue weighted by molar-refractivity contribution is 6.30. The molecule has 0 aliphatic heterocycles. The van der Waals surface area contributed by atoms with Crippen molar-refractivity contribution in [3.05, 3.63) is 86.4 Å². The summed E-state index contributed by atoms with van der Waals surface area (Å²) in [7, 11) is 0. The Balaban J connectivity index is 1.84. The lowest BCUT2D eigenvalue weighted by Crippen LogP contribution is -2.32. The topological polar surface area (TPSA) is 28.1 Å². The van der Waals surface area contributed by atoms with Gasteiger partial charge in [0, 0.05) is 11.6 Å². The minimum Gasteiger partial charge on any atom is -0.292 e. The Morgan fingerprint density at radius 1 is 1.00 bits per heavy atom. The molecule has 0 aliphatic rings. The normalized spacial score (nSPS) is 12.3. The number of H-pyrrole nitrogens is 1. The van der Waals surface area contributed by atoms with Gasteiger partial charge in [0.1, 0.15) is 17.6 Å². The first kappa shape index (κ1) is 25.6. The van der Waals surface area contributed by atoms with Gasteiger partial charge in [0.05, 0.1) is 6.54 Å². The third-order valence-electron chi connectivity index (χ3n) is 6.08. The molecule has 4 nitrogen and oxygen atoms in total. The van der Waals surface area contributed by atoms with E-state index < -0.39 is 11.9 Å². The molecule has 0 atom stereocenters. The van der Waals surface area contributed by atoms with Crippen LogP contribution in [0, 0.1) is 20.8 Å². The van der Waals surface area contributed by atoms with E-state index >= 15 is 0 Å². The minimum atomic E-state index is -4.55. The second-order valence-electron chi connectivity index (χ2n) is 9.01. The van der Waals surface area contributed by atoms with Crippen LogP contribution in [0.2, 0.25) is 10.2 Å². The summed E-state index contributed by atoms with van der Waals surface area (Å²) in [6, 6.07) is 11.4. The van der Waals surface area contributed by atoms with Crippen LogP contribution in [0.1, 0.15) is 47.0 Å². The summed E-state index contributed by atoms with van der Waals surface area (Å²) >= 11 is 12.6. The number of aromatic amines is 1. The van der Waals surface area contributed by atoms with Gasteiger partial charge in [-0.2, -0.15) is 22.1 Å². The zero-order valence-corrected chi connectivity index (χ0v) is 21.6. The molecule has 2 aromatic heterocycles. The third-order valence-corrected chi connectivity index (χ3v) is 6.60. The molecular formula is C26H28Cl2F3N4+. The van der Waals surface area contributed by atoms with E-state index in [9.17, 15) is 13.2 Å². The molecular weight excluding hydrogens is 496 g/mol. The van der Waals surface area contributed by atoms with Gasteiger partial charge in [-0.05, 0) is 74.2 Å². The van der Waals surface area contributed by atoms with Crippen LogP contribution in [0.15, 0.2) is 42.6 Å². The van der Waals surface area contributed by atoms with E-state index in [4.69, 9.17) is 23.2 Å². The molecule has 4 rings (SSSR count). The molecule has 35 heavy (non-hydrogen) atoms. The first-order valence-electron chi connectivity index (χ1n) is 11.4. The van der Waals surface area contributed by atoms with E-state index in [1.54, 1.807) is 22.9 Å². The van der Waals surface area contributed by atoms with Crippen molar-refractivity contribution >= 4 is 29.0 Å². The number of hydrogen-bond donors (Lipinski definition) is 1. The summed E-state index contributed by atoms with van der Waals surface area (Å²) in [6.45, 7) is 9.11. The number of fused-ring (bicyclic) bond motifs is 1. The van der Waals surface area contributed by atoms with E-state index in [0.29, 0.717) is 23.3 Å². The lowest BCUT2D eigenvalue weighted by Gasteiger charge is -2.21. The van der Waals surface area contributed by atoms with Crippen molar-refractivity contribution in [1.82, 2.24) is 14.5 Å². The van der Waals surface area contributed by atoms with Crippen LogP contribution in [0.25, 0.3) is 11.5 Å². The van der Waals surface area contributed by atoms with Crippen LogP contribution in [0.4, 0.5) is 13.2 Å². The number of rotatable bonds is 7. The standard InChI is InChI=1S/C26H27Cl2F3N4/c1-5-10-33(13-19-6-8-20(27)9-7-19)14-21-24(26(29,30)31)32-25-34(21)15-22(28)35(25)23-17(3)11-16(2)12-18(23)4/h6-9,11-12,15H,5,10,13-14H2,1-4H3/p+1. The molecule has 0 bridgehead atoms. The number of imidazole rings is 2. The van der Waals surface area contributed by atoms with Crippen molar-refractivity contribution < 1.29 is 17.6 Å². The molecule has 1 N–H and O–H groups in total. The number of benzene rings is 2. The van der Waals surface area contributed by atoms with E-state index in [1.165, 1.54) is 4.40 Å². The third kappa shape index (κ3) is 5.22. The largest absolute Gasteiger partial charge is 0.449 e. The smallest absolute Gasteiger partial charge is 0.292 e. The Labute approximate surface area is 212 Å². The van der Waals surface area contributed by atoms with Gasteiger partial charge in [0.15, 0.2) is 0 Å². The predicted octanol–water partition coefficient (Wildman–Crippen LogP) is 7.21. The van der Waals surface area contributed by atoms with Crippen LogP contribution in [0.3, 0.4) is 0 Å². The summed E-state index contributed by atoms with van der Waals surface area (Å²) in [5.41, 5.74) is 4.06. The Hall–Kier alpha value is -2.48. The van der Waals surface area contributed by atoms with E-state index in [1.807, 2.05) is 56.9 Å². The molecule has 9 heteroatoms. The van der Waals surface area contributed by atoms with E-state index in [-0.39, 0.29) is 18.0 Å². The maximum Gasteiger partial charge on any atom is 0.449 e. The SMILES string of the molecule is CCCN(Cc1ccc(Cl)cc1)Cc1c(C(F)(F)F)[nH]c2n(-c3c(C)cc(C)cc3C)c(Cl)c[n+]12. The van der Waals surface area contributed by atoms with Crippen molar-refractivity contribution in [3.8, 4) is 5.69 Å². The van der Waals surface area contributed by atoms with Crippen molar-refractivity contribution in [2.75, 3.05) is 6.54 Å². The Morgan fingerprint density at radius 3 is 2.20 bits per heavy atom. The number of hydrogen-bond acceptors (Lipinski definition) is 1. The fourth-order valence-electron chi connectivity index (χ4n) is 4.78. The number of aromatic nitrogens is 3. The van der Waals surface area contributed by atoms with E-state index in [0.717, 1.165) is 34.4 Å². The van der Waals surface area contributed by atoms with Gasteiger partial charge in [-0.25, -0.2) is 4.98 Å². The number of halogens is 5. The molecule has 0 saturated carbocycles. The summed E-state index contributed by atoms with van der Waals surface area (Å²) < 4.78 is 45.8. The molecule has 2 aromatic carbocycles. The first-order valence-corrected chi connectivity index (χ1v) is 12.2. The molecule has 4 aromatic rings. The number of nitrogens with zero attached hydrogens (tertiary/aromatic N) is 3. The van der Waals surface area contributed by atoms with Gasteiger partial charge in [-0.15, -0.1) is 0 Å². The van der Waals surface area contributed by atoms with Gasteiger partial charge in [-0.1, -0.05) is 48.4 Å². The maximum absolute atomic E-state index is 14.2. The van der Waals surface area contributed by atoms with Gasteiger partial charge in [0.25, 0.3) is 0 Å². The number of alkyl halides is 3. The van der Waals surface area contributed by atoms with Crippen molar-refractivity contribution in [1.29, 1.82) is 0 Å². The quantitative estimate of drug-likeness (QED) is 0.254. The average Bonchev–Trinajstić information content (AvgIpc) is 3.25. The van der Waals surface area contributed by atoms with Crippen LogP contribution >= 0.6 is 23.2 Å². The first-order chi connectivity index (χ1) is 16.5. The molecule has 0 saturated heterocycles. The molecule has 2 heterocycles. The van der Waals surface area contributed by atoms with Crippen LogP contribution < -0.4 is 4.40 Å². The van der Waals surface area contributed by atoms with Crippen molar-refractivity contribution in [2.24, 2.45) is 0 Å². The Morgan fingerprint density at radius 2 is 1.63 bits per heavy atom. The second-order valence-corrected chi connectivity index (χ2v) is 9.83. The van der Waals surface area contributed by atoms with Gasteiger partial charge in [-0.3, -0.25) is 4.90 Å². The minimum absolute atomic E-state index is 0.0994. The number of aryl methyl sites for hydroxylation is 3. The highest BCUT2D eigenvalue weighted by Gasteiger charge is 2.42. The predicted molar refractivity (Wildman–Crippen MR) is 133 cm³/mol. The van der Waals surface area contributed by atoms with Crippen molar-refractivity contribution in [2.45, 2.75) is 53.4 Å². The van der Waals surface area contributed by atoms with Crippen molar-refractivity contribution in [3.63, 3.8) is 0 Å². The highest BCUT2D eigenvalue weighted by Crippen LogP contribution is 2.33. The van der Waals surface area contributed by atoms with Crippen LogP contribution in [-0.2, 0) is 19.3 Å². The molecule has 0 spiro atoms. The van der Waals surface area contributed by atoms with Gasteiger partial charge in [0.2, 0.25) is 10.8 Å². The molecule has 0 radical (unpaired) electrons. The lowest BCUT2D eigenvalue weighted by molar-refractivity contribution is -0.520. The fourth-order valence-corrected chi connectivity index (χ4v) is 5.17. The molecule has 0 fully saturated rings. The monoisotopic (exact) mass is 523 g/mol. The molecule has 186 valence electrons. The zero-order chi connectivity index (χ0) is 25.5. The lowest BCUT2D eigenvalue weighted by atomic mass is 10.1. The summed E-state index contributed by atoms with van der Waals surface area (Å²) in [6.07, 6.45) is -2.19. The Kier molecular flexibility index (Phi) is 7.23. The highest BCUT2D eigenvalue weighted by atomic mass is 35.5. The second kappa shape index (κ2) is 9.88. The van der Waals surface area contributed by atoms with Gasteiger partial charge >= 0.3 is 12.0 Å². The summed E-state index contributed by atoms with van der Waals surface area (Å²) in [5.74, 6) is 0.273.